The van der Waals surface area contributed by atoms with Gasteiger partial charge in [0.2, 0.25) is 6.10 Å². The fraction of sp³-hybridized carbons (Fsp3) is 0.787. The Morgan fingerprint density at radius 3 is 1.91 bits per heavy atom. The van der Waals surface area contributed by atoms with Gasteiger partial charge in [-0.3, -0.25) is 14.4 Å². The van der Waals surface area contributed by atoms with Crippen LogP contribution in [-0.4, -0.2) is 63.6 Å². The van der Waals surface area contributed by atoms with Crippen molar-refractivity contribution in [1.82, 2.24) is 0 Å². The molecule has 1 aliphatic heterocycles. The molecule has 8 saturated carbocycles. The van der Waals surface area contributed by atoms with E-state index in [9.17, 15) is 24.6 Å². The number of rotatable bonds is 14. The number of phenolic OH excluding ortho intramolecular Hbond substituents is 1. The summed E-state index contributed by atoms with van der Waals surface area (Å²) in [6.07, 6.45) is 9.87. The molecule has 0 amide bonds. The van der Waals surface area contributed by atoms with Gasteiger partial charge in [-0.05, 0) is 177 Å². The average Bonchev–Trinajstić information content (AvgIpc) is 3.52. The quantitative estimate of drug-likeness (QED) is 0.139. The van der Waals surface area contributed by atoms with Gasteiger partial charge in [0.15, 0.2) is 0 Å². The largest absolute Gasteiger partial charge is 0.508 e. The molecule has 1 aromatic rings. The zero-order valence-corrected chi connectivity index (χ0v) is 35.1. The summed E-state index contributed by atoms with van der Waals surface area (Å²) in [5.74, 6) is 0.602. The Bertz CT molecular complexity index is 1710. The number of hydrogen-bond donors (Lipinski definition) is 2. The van der Waals surface area contributed by atoms with E-state index >= 15 is 4.79 Å². The van der Waals surface area contributed by atoms with Gasteiger partial charge in [-0.25, -0.2) is 4.79 Å². The molecule has 1 heterocycles. The lowest BCUT2D eigenvalue weighted by Gasteiger charge is -2.59. The van der Waals surface area contributed by atoms with E-state index in [0.717, 1.165) is 50.5 Å². The smallest absolute Gasteiger partial charge is 0.347 e. The SMILES string of the molecule is CCC(C)(CC(C)(CC(C)(CC(C)c1ccc(O)cc1)C(=O)OC12CC3CC(CC(O)(C3)C1)C2)C(=O)OC1CCOC1=O)C(=O)OC1(C)C2CC3CC(C2)CC1C3. The Labute approximate surface area is 338 Å². The summed E-state index contributed by atoms with van der Waals surface area (Å²) in [5.41, 5.74) is -5.08. The second-order valence-corrected chi connectivity index (χ2v) is 21.6. The Balaban J connectivity index is 1.12. The molecule has 0 radical (unpaired) electrons. The molecule has 10 rings (SSSR count). The summed E-state index contributed by atoms with van der Waals surface area (Å²) in [5, 5.41) is 21.6. The van der Waals surface area contributed by atoms with Crippen LogP contribution in [0, 0.1) is 51.8 Å². The Morgan fingerprint density at radius 1 is 0.807 bits per heavy atom. The molecule has 8 bridgehead atoms. The topological polar surface area (TPSA) is 146 Å². The van der Waals surface area contributed by atoms with E-state index in [4.69, 9.17) is 18.9 Å². The number of carbonyl (C=O) groups excluding carboxylic acids is 4. The molecule has 57 heavy (non-hydrogen) atoms. The molecule has 314 valence electrons. The molecule has 0 spiro atoms. The summed E-state index contributed by atoms with van der Waals surface area (Å²) in [7, 11) is 0. The fourth-order valence-corrected chi connectivity index (χ4v) is 14.1. The van der Waals surface area contributed by atoms with Crippen molar-refractivity contribution in [1.29, 1.82) is 0 Å². The molecule has 9 aliphatic rings. The lowest BCUT2D eigenvalue weighted by Crippen LogP contribution is -2.61. The molecule has 10 heteroatoms. The summed E-state index contributed by atoms with van der Waals surface area (Å²) < 4.78 is 24.6. The van der Waals surface area contributed by atoms with Crippen LogP contribution in [0.1, 0.15) is 156 Å². The fourth-order valence-electron chi connectivity index (χ4n) is 14.1. The van der Waals surface area contributed by atoms with Crippen LogP contribution in [0.2, 0.25) is 0 Å². The number of esters is 4. The first-order valence-electron chi connectivity index (χ1n) is 22.1. The minimum Gasteiger partial charge on any atom is -0.508 e. The molecule has 1 aromatic carbocycles. The van der Waals surface area contributed by atoms with Crippen LogP contribution in [0.15, 0.2) is 24.3 Å². The summed E-state index contributed by atoms with van der Waals surface area (Å²) in [6, 6.07) is 6.94. The minimum atomic E-state index is -1.43. The van der Waals surface area contributed by atoms with Crippen molar-refractivity contribution >= 4 is 23.9 Å². The van der Waals surface area contributed by atoms with Crippen LogP contribution in [0.5, 0.6) is 5.75 Å². The lowest BCUT2D eigenvalue weighted by atomic mass is 9.50. The maximum Gasteiger partial charge on any atom is 0.347 e. The van der Waals surface area contributed by atoms with Crippen molar-refractivity contribution in [3.8, 4) is 5.75 Å². The second kappa shape index (κ2) is 14.3. The normalized spacial score (nSPS) is 39.7. The number of aliphatic hydroxyl groups is 1. The Morgan fingerprint density at radius 2 is 1.37 bits per heavy atom. The summed E-state index contributed by atoms with van der Waals surface area (Å²) in [4.78, 5) is 57.3. The first-order chi connectivity index (χ1) is 26.8. The predicted molar refractivity (Wildman–Crippen MR) is 210 cm³/mol. The number of ether oxygens (including phenoxy) is 4. The van der Waals surface area contributed by atoms with Gasteiger partial charge in [0, 0.05) is 12.8 Å². The van der Waals surface area contributed by atoms with Crippen molar-refractivity contribution in [3.63, 3.8) is 0 Å². The van der Waals surface area contributed by atoms with Crippen LogP contribution >= 0.6 is 0 Å². The number of phenols is 1. The van der Waals surface area contributed by atoms with Gasteiger partial charge < -0.3 is 29.2 Å². The van der Waals surface area contributed by atoms with Gasteiger partial charge in [-0.2, -0.15) is 0 Å². The number of carbonyl (C=O) groups is 4. The van der Waals surface area contributed by atoms with Crippen molar-refractivity contribution in [2.45, 2.75) is 173 Å². The molecule has 7 atom stereocenters. The number of aromatic hydroxyl groups is 1. The standard InChI is InChI=1S/C47H66O10/c1-7-42(3,40(51)56-45(6)34-16-29-14-30(18-34)19-35(45)17-29)25-44(5,39(50)55-37-12-13-54-38(37)49)26-43(4,20-28(2)33-8-10-36(48)11-9-33)41(52)57-47-23-31-15-32(24-47)22-46(53,21-31)27-47/h8-11,28-32,34-35,37,48,53H,7,12-27H2,1-6H3. The van der Waals surface area contributed by atoms with E-state index < -0.39 is 57.1 Å². The molecule has 7 unspecified atom stereocenters. The number of hydrogen-bond acceptors (Lipinski definition) is 10. The number of cyclic esters (lactones) is 1. The second-order valence-electron chi connectivity index (χ2n) is 21.6. The van der Waals surface area contributed by atoms with Crippen LogP contribution in [0.4, 0.5) is 0 Å². The van der Waals surface area contributed by atoms with Crippen molar-refractivity contribution in [2.24, 2.45) is 51.8 Å². The molecule has 8 aliphatic carbocycles. The Kier molecular flexibility index (Phi) is 10.2. The van der Waals surface area contributed by atoms with Crippen molar-refractivity contribution in [2.75, 3.05) is 6.61 Å². The monoisotopic (exact) mass is 790 g/mol. The highest BCUT2D eigenvalue weighted by molar-refractivity contribution is 5.86. The third-order valence-corrected chi connectivity index (χ3v) is 16.5. The highest BCUT2D eigenvalue weighted by Gasteiger charge is 2.62. The predicted octanol–water partition coefficient (Wildman–Crippen LogP) is 8.34. The van der Waals surface area contributed by atoms with Crippen LogP contribution in [0.25, 0.3) is 0 Å². The van der Waals surface area contributed by atoms with Crippen molar-refractivity contribution < 1.29 is 48.3 Å². The van der Waals surface area contributed by atoms with Gasteiger partial charge >= 0.3 is 23.9 Å². The molecule has 10 nitrogen and oxygen atoms in total. The molecule has 1 saturated heterocycles. The van der Waals surface area contributed by atoms with E-state index in [2.05, 4.69) is 6.92 Å². The summed E-state index contributed by atoms with van der Waals surface area (Å²) in [6.45, 7) is 11.7. The van der Waals surface area contributed by atoms with Gasteiger partial charge in [0.1, 0.15) is 17.0 Å². The van der Waals surface area contributed by atoms with E-state index in [1.165, 1.54) is 6.42 Å². The van der Waals surface area contributed by atoms with Crippen LogP contribution in [0.3, 0.4) is 0 Å². The van der Waals surface area contributed by atoms with Crippen LogP contribution in [-0.2, 0) is 38.1 Å². The van der Waals surface area contributed by atoms with E-state index in [1.807, 2.05) is 39.8 Å². The third-order valence-electron chi connectivity index (χ3n) is 16.5. The first kappa shape index (κ1) is 40.6. The zero-order valence-electron chi connectivity index (χ0n) is 35.1. The molecular weight excluding hydrogens is 725 g/mol. The van der Waals surface area contributed by atoms with Gasteiger partial charge in [-0.1, -0.05) is 26.0 Å². The average molecular weight is 791 g/mol. The highest BCUT2D eigenvalue weighted by atomic mass is 16.6. The van der Waals surface area contributed by atoms with Crippen molar-refractivity contribution in [3.05, 3.63) is 29.8 Å². The Hall–Kier alpha value is -3.14. The molecule has 2 N–H and O–H groups in total. The van der Waals surface area contributed by atoms with E-state index in [1.54, 1.807) is 19.1 Å². The molecule has 9 fully saturated rings. The first-order valence-corrected chi connectivity index (χ1v) is 22.1. The van der Waals surface area contributed by atoms with E-state index in [-0.39, 0.29) is 43.5 Å². The van der Waals surface area contributed by atoms with Gasteiger partial charge in [0.25, 0.3) is 0 Å². The summed E-state index contributed by atoms with van der Waals surface area (Å²) >= 11 is 0. The molecular formula is C47H66O10. The zero-order chi connectivity index (χ0) is 40.8. The lowest BCUT2D eigenvalue weighted by molar-refractivity contribution is -0.227. The van der Waals surface area contributed by atoms with Gasteiger partial charge in [0.05, 0.1) is 28.5 Å². The minimum absolute atomic E-state index is 0.0101. The third kappa shape index (κ3) is 7.52. The van der Waals surface area contributed by atoms with Gasteiger partial charge in [-0.15, -0.1) is 0 Å². The maximum atomic E-state index is 15.1. The number of benzene rings is 1. The van der Waals surface area contributed by atoms with E-state index in [0.29, 0.717) is 67.6 Å². The molecule has 0 aromatic heterocycles. The van der Waals surface area contributed by atoms with Crippen LogP contribution < -0.4 is 0 Å². The highest BCUT2D eigenvalue weighted by Crippen LogP contribution is 2.62. The maximum absolute atomic E-state index is 15.1.